The maximum Gasteiger partial charge on any atom is 0.319 e. The fourth-order valence-corrected chi connectivity index (χ4v) is 3.19. The predicted octanol–water partition coefficient (Wildman–Crippen LogP) is 3.56. The Morgan fingerprint density at radius 2 is 2.17 bits per heavy atom. The number of aromatic nitrogens is 1. The summed E-state index contributed by atoms with van der Waals surface area (Å²) in [5.74, 6) is 0. The Morgan fingerprint density at radius 3 is 2.89 bits per heavy atom. The first kappa shape index (κ1) is 11.4. The number of fused-ring (bicyclic) bond motifs is 1. The molecule has 94 valence electrons. The fraction of sp³-hybridized carbons (Fsp3) is 0.417. The zero-order valence-electron chi connectivity index (χ0n) is 9.76. The quantitative estimate of drug-likeness (QED) is 0.679. The molecule has 0 aliphatic heterocycles. The molecule has 2 aromatic rings. The van der Waals surface area contributed by atoms with E-state index in [1.807, 2.05) is 6.07 Å². The summed E-state index contributed by atoms with van der Waals surface area (Å²) >= 11 is 1.43. The van der Waals surface area contributed by atoms with Crippen LogP contribution in [0.3, 0.4) is 0 Å². The molecule has 0 saturated heterocycles. The number of nitro groups is 1. The normalized spacial score (nSPS) is 16.2. The molecule has 0 radical (unpaired) electrons. The maximum atomic E-state index is 11.2. The largest absolute Gasteiger partial charge is 0.377 e. The number of benzene rings is 1. The number of nitro benzene ring substituents is 1. The Bertz CT molecular complexity index is 590. The molecule has 6 heteroatoms. The van der Waals surface area contributed by atoms with Crippen molar-refractivity contribution in [2.75, 3.05) is 5.32 Å². The lowest BCUT2D eigenvalue weighted by Crippen LogP contribution is -2.15. The van der Waals surface area contributed by atoms with Crippen LogP contribution in [-0.4, -0.2) is 15.9 Å². The lowest BCUT2D eigenvalue weighted by atomic mass is 10.2. The highest BCUT2D eigenvalue weighted by molar-refractivity contribution is 7.16. The minimum Gasteiger partial charge on any atom is -0.377 e. The first-order valence-corrected chi connectivity index (χ1v) is 6.91. The minimum absolute atomic E-state index is 0.112. The van der Waals surface area contributed by atoms with Crippen LogP contribution < -0.4 is 5.32 Å². The predicted molar refractivity (Wildman–Crippen MR) is 72.2 cm³/mol. The molecule has 0 atom stereocenters. The summed E-state index contributed by atoms with van der Waals surface area (Å²) in [5.41, 5.74) is 2.86. The van der Waals surface area contributed by atoms with Crippen LogP contribution in [0.15, 0.2) is 17.6 Å². The average molecular weight is 263 g/mol. The van der Waals surface area contributed by atoms with Gasteiger partial charge in [-0.25, -0.2) is 4.98 Å². The summed E-state index contributed by atoms with van der Waals surface area (Å²) in [7, 11) is 0. The SMILES string of the molecule is O=[N+]([O-])c1c(NC2CCCC2)ccc2scnc12. The zero-order chi connectivity index (χ0) is 12.5. The second-order valence-electron chi connectivity index (χ2n) is 4.54. The van der Waals surface area contributed by atoms with Crippen LogP contribution in [0.2, 0.25) is 0 Å². The van der Waals surface area contributed by atoms with Crippen molar-refractivity contribution in [1.82, 2.24) is 4.98 Å². The van der Waals surface area contributed by atoms with E-state index >= 15 is 0 Å². The number of hydrogen-bond donors (Lipinski definition) is 1. The van der Waals surface area contributed by atoms with E-state index in [-0.39, 0.29) is 10.6 Å². The highest BCUT2D eigenvalue weighted by Crippen LogP contribution is 2.35. The first-order valence-electron chi connectivity index (χ1n) is 6.03. The van der Waals surface area contributed by atoms with Gasteiger partial charge in [0.05, 0.1) is 15.1 Å². The van der Waals surface area contributed by atoms with Crippen LogP contribution >= 0.6 is 11.3 Å². The lowest BCUT2D eigenvalue weighted by molar-refractivity contribution is -0.382. The van der Waals surface area contributed by atoms with Crippen LogP contribution in [0.5, 0.6) is 0 Å². The minimum atomic E-state index is -0.334. The van der Waals surface area contributed by atoms with Gasteiger partial charge in [-0.2, -0.15) is 0 Å². The van der Waals surface area contributed by atoms with Crippen LogP contribution in [0.25, 0.3) is 10.2 Å². The number of nitrogens with one attached hydrogen (secondary N) is 1. The van der Waals surface area contributed by atoms with Gasteiger partial charge in [0.15, 0.2) is 5.52 Å². The highest BCUT2D eigenvalue weighted by atomic mass is 32.1. The molecule has 5 nitrogen and oxygen atoms in total. The summed E-state index contributed by atoms with van der Waals surface area (Å²) in [6.45, 7) is 0. The zero-order valence-corrected chi connectivity index (χ0v) is 10.6. The molecule has 1 N–H and O–H groups in total. The number of hydrogen-bond acceptors (Lipinski definition) is 5. The van der Waals surface area contributed by atoms with Crippen LogP contribution in [0.1, 0.15) is 25.7 Å². The van der Waals surface area contributed by atoms with Crippen molar-refractivity contribution in [1.29, 1.82) is 0 Å². The molecule has 3 rings (SSSR count). The van der Waals surface area contributed by atoms with Crippen LogP contribution in [-0.2, 0) is 0 Å². The van der Waals surface area contributed by atoms with E-state index in [0.29, 0.717) is 17.2 Å². The Labute approximate surface area is 108 Å². The molecule has 0 unspecified atom stereocenters. The lowest BCUT2D eigenvalue weighted by Gasteiger charge is -2.13. The third-order valence-electron chi connectivity index (χ3n) is 3.37. The second-order valence-corrected chi connectivity index (χ2v) is 5.43. The Balaban J connectivity index is 2.03. The van der Waals surface area contributed by atoms with Gasteiger partial charge in [-0.1, -0.05) is 12.8 Å². The van der Waals surface area contributed by atoms with Gasteiger partial charge in [-0.05, 0) is 25.0 Å². The average Bonchev–Trinajstić information content (AvgIpc) is 2.98. The first-order chi connectivity index (χ1) is 8.75. The van der Waals surface area contributed by atoms with Gasteiger partial charge < -0.3 is 5.32 Å². The summed E-state index contributed by atoms with van der Waals surface area (Å²) in [4.78, 5) is 15.0. The van der Waals surface area contributed by atoms with Crippen molar-refractivity contribution in [2.24, 2.45) is 0 Å². The topological polar surface area (TPSA) is 68.1 Å². The molecule has 1 fully saturated rings. The molecule has 1 aromatic heterocycles. The van der Waals surface area contributed by atoms with Crippen molar-refractivity contribution >= 4 is 32.9 Å². The van der Waals surface area contributed by atoms with Gasteiger partial charge in [0.2, 0.25) is 0 Å². The van der Waals surface area contributed by atoms with Crippen molar-refractivity contribution in [3.05, 3.63) is 27.8 Å². The summed E-state index contributed by atoms with van der Waals surface area (Å²) in [6.07, 6.45) is 4.58. The van der Waals surface area contributed by atoms with Crippen molar-refractivity contribution < 1.29 is 4.92 Å². The van der Waals surface area contributed by atoms with E-state index in [9.17, 15) is 10.1 Å². The monoisotopic (exact) mass is 263 g/mol. The summed E-state index contributed by atoms with van der Waals surface area (Å²) in [6, 6.07) is 4.06. The van der Waals surface area contributed by atoms with E-state index in [2.05, 4.69) is 10.3 Å². The molecular weight excluding hydrogens is 250 g/mol. The molecule has 1 aliphatic carbocycles. The molecule has 0 amide bonds. The molecule has 1 aliphatic rings. The molecule has 0 spiro atoms. The number of anilines is 1. The van der Waals surface area contributed by atoms with Gasteiger partial charge in [0.1, 0.15) is 5.69 Å². The fourth-order valence-electron chi connectivity index (χ4n) is 2.51. The summed E-state index contributed by atoms with van der Waals surface area (Å²) in [5, 5.41) is 14.5. The van der Waals surface area contributed by atoms with Crippen LogP contribution in [0.4, 0.5) is 11.4 Å². The summed E-state index contributed by atoms with van der Waals surface area (Å²) < 4.78 is 0.860. The molecule has 18 heavy (non-hydrogen) atoms. The van der Waals surface area contributed by atoms with E-state index in [1.54, 1.807) is 11.6 Å². The van der Waals surface area contributed by atoms with Gasteiger partial charge in [0, 0.05) is 6.04 Å². The molecule has 1 aromatic carbocycles. The molecule has 1 saturated carbocycles. The number of thiazole rings is 1. The third-order valence-corrected chi connectivity index (χ3v) is 4.17. The van der Waals surface area contributed by atoms with E-state index < -0.39 is 0 Å². The third kappa shape index (κ3) is 1.92. The van der Waals surface area contributed by atoms with Gasteiger partial charge in [-0.3, -0.25) is 10.1 Å². The number of nitrogens with zero attached hydrogens (tertiary/aromatic N) is 2. The van der Waals surface area contributed by atoms with Crippen molar-refractivity contribution in [2.45, 2.75) is 31.7 Å². The van der Waals surface area contributed by atoms with Gasteiger partial charge in [0.25, 0.3) is 0 Å². The molecule has 0 bridgehead atoms. The van der Waals surface area contributed by atoms with Crippen molar-refractivity contribution in [3.8, 4) is 0 Å². The van der Waals surface area contributed by atoms with E-state index in [0.717, 1.165) is 17.5 Å². The van der Waals surface area contributed by atoms with Gasteiger partial charge in [-0.15, -0.1) is 11.3 Å². The smallest absolute Gasteiger partial charge is 0.319 e. The highest BCUT2D eigenvalue weighted by Gasteiger charge is 2.23. The van der Waals surface area contributed by atoms with Crippen molar-refractivity contribution in [3.63, 3.8) is 0 Å². The molecular formula is C12H13N3O2S. The van der Waals surface area contributed by atoms with Gasteiger partial charge >= 0.3 is 5.69 Å². The maximum absolute atomic E-state index is 11.2. The standard InChI is InChI=1S/C12H13N3O2S/c16-15(17)12-9(14-8-3-1-2-4-8)5-6-10-11(12)13-7-18-10/h5-8,14H,1-4H2. The second kappa shape index (κ2) is 4.53. The molecule has 1 heterocycles. The van der Waals surface area contributed by atoms with E-state index in [4.69, 9.17) is 0 Å². The Morgan fingerprint density at radius 1 is 1.39 bits per heavy atom. The Hall–Kier alpha value is -1.69. The van der Waals surface area contributed by atoms with Crippen LogP contribution in [0, 0.1) is 10.1 Å². The number of rotatable bonds is 3. The Kier molecular flexibility index (Phi) is 2.87. The van der Waals surface area contributed by atoms with E-state index in [1.165, 1.54) is 24.2 Å².